The number of hydrogen-bond acceptors (Lipinski definition) is 9. The van der Waals surface area contributed by atoms with Crippen LogP contribution in [0.25, 0.3) is 5.57 Å². The van der Waals surface area contributed by atoms with Crippen LogP contribution in [0.1, 0.15) is 93.7 Å². The highest BCUT2D eigenvalue weighted by atomic mass is 32.2. The van der Waals surface area contributed by atoms with Crippen molar-refractivity contribution >= 4 is 33.1 Å². The summed E-state index contributed by atoms with van der Waals surface area (Å²) in [5.74, 6) is 0.518. The summed E-state index contributed by atoms with van der Waals surface area (Å²) in [6.07, 6.45) is 7.60. The number of carbonyl (C=O) groups is 1. The molecule has 0 radical (unpaired) electrons. The maximum absolute atomic E-state index is 13.7. The predicted molar refractivity (Wildman–Crippen MR) is 177 cm³/mol. The second-order valence-corrected chi connectivity index (χ2v) is 15.7. The highest BCUT2D eigenvalue weighted by Gasteiger charge is 2.41. The van der Waals surface area contributed by atoms with Gasteiger partial charge in [0.2, 0.25) is 0 Å². The molecule has 45 heavy (non-hydrogen) atoms. The molecule has 238 valence electrons. The molecular weight excluding hydrogens is 586 g/mol. The summed E-state index contributed by atoms with van der Waals surface area (Å²) in [5.41, 5.74) is 3.84. The van der Waals surface area contributed by atoms with Gasteiger partial charge in [-0.1, -0.05) is 32.9 Å². The molecule has 3 aromatic heterocycles. The van der Waals surface area contributed by atoms with E-state index >= 15 is 0 Å². The Morgan fingerprint density at radius 1 is 1.04 bits per heavy atom. The number of nitrogens with one attached hydrogen (secondary N) is 3. The van der Waals surface area contributed by atoms with Crippen LogP contribution in [0.15, 0.2) is 59.8 Å². The summed E-state index contributed by atoms with van der Waals surface area (Å²) in [7, 11) is -4.28. The zero-order valence-electron chi connectivity index (χ0n) is 26.7. The van der Waals surface area contributed by atoms with E-state index in [2.05, 4.69) is 78.1 Å². The molecule has 2 atom stereocenters. The highest BCUT2D eigenvalue weighted by molar-refractivity contribution is 7.90. The van der Waals surface area contributed by atoms with Crippen molar-refractivity contribution in [2.75, 3.05) is 29.9 Å². The minimum absolute atomic E-state index is 0.201. The fourth-order valence-electron chi connectivity index (χ4n) is 6.67. The van der Waals surface area contributed by atoms with E-state index in [4.69, 9.17) is 9.97 Å². The molecule has 0 spiro atoms. The molecule has 3 aliphatic rings. The van der Waals surface area contributed by atoms with Crippen molar-refractivity contribution in [3.05, 3.63) is 77.3 Å². The lowest BCUT2D eigenvalue weighted by atomic mass is 9.90. The van der Waals surface area contributed by atoms with Gasteiger partial charge in [0.25, 0.3) is 15.9 Å². The van der Waals surface area contributed by atoms with Gasteiger partial charge in [0.15, 0.2) is 5.03 Å². The fraction of sp³-hybridized carbons (Fsp3) is 0.471. The van der Waals surface area contributed by atoms with Gasteiger partial charge in [-0.2, -0.15) is 8.42 Å². The van der Waals surface area contributed by atoms with E-state index in [1.165, 1.54) is 11.6 Å². The number of pyridine rings is 3. The topological polar surface area (TPSA) is 129 Å². The number of aromatic nitrogens is 3. The molecule has 4 bridgehead atoms. The van der Waals surface area contributed by atoms with E-state index in [9.17, 15) is 13.2 Å². The average molecular weight is 630 g/mol. The van der Waals surface area contributed by atoms with E-state index in [0.717, 1.165) is 55.7 Å². The van der Waals surface area contributed by atoms with Crippen LogP contribution >= 0.6 is 0 Å². The first-order valence-corrected chi connectivity index (χ1v) is 17.2. The molecule has 0 saturated carbocycles. The number of rotatable bonds is 2. The molecule has 1 saturated heterocycles. The van der Waals surface area contributed by atoms with Crippen molar-refractivity contribution in [1.82, 2.24) is 25.0 Å². The molecule has 0 aliphatic carbocycles. The van der Waals surface area contributed by atoms with Crippen molar-refractivity contribution in [2.24, 2.45) is 5.92 Å². The zero-order chi connectivity index (χ0) is 32.0. The van der Waals surface area contributed by atoms with Crippen molar-refractivity contribution in [2.45, 2.75) is 82.3 Å². The summed E-state index contributed by atoms with van der Waals surface area (Å²) >= 11 is 0. The van der Waals surface area contributed by atoms with Crippen LogP contribution in [0.4, 0.5) is 11.6 Å². The van der Waals surface area contributed by atoms with Crippen LogP contribution < -0.4 is 20.3 Å². The molecule has 3 aliphatic heterocycles. The van der Waals surface area contributed by atoms with Gasteiger partial charge in [0.05, 0.1) is 17.3 Å². The minimum Gasteiger partial charge on any atom is -0.362 e. The Hall–Kier alpha value is -3.83. The summed E-state index contributed by atoms with van der Waals surface area (Å²) in [4.78, 5) is 30.1. The number of nitrogens with zero attached hydrogens (tertiary/aromatic N) is 4. The Morgan fingerprint density at radius 2 is 1.87 bits per heavy atom. The van der Waals surface area contributed by atoms with Crippen molar-refractivity contribution in [3.63, 3.8) is 0 Å². The third-order valence-corrected chi connectivity index (χ3v) is 10.3. The van der Waals surface area contributed by atoms with Crippen molar-refractivity contribution in [3.8, 4) is 0 Å². The van der Waals surface area contributed by atoms with E-state index in [1.807, 2.05) is 12.3 Å². The third-order valence-electron chi connectivity index (χ3n) is 9.09. The van der Waals surface area contributed by atoms with E-state index in [1.54, 1.807) is 18.2 Å². The van der Waals surface area contributed by atoms with Gasteiger partial charge in [-0.25, -0.2) is 14.7 Å². The summed E-state index contributed by atoms with van der Waals surface area (Å²) in [6.45, 7) is 13.1. The fourth-order valence-corrected chi connectivity index (χ4v) is 7.61. The van der Waals surface area contributed by atoms with Crippen LogP contribution in [0.3, 0.4) is 0 Å². The third kappa shape index (κ3) is 6.60. The largest absolute Gasteiger partial charge is 0.362 e. The van der Waals surface area contributed by atoms with Gasteiger partial charge in [0.1, 0.15) is 11.6 Å². The molecule has 3 aromatic rings. The Labute approximate surface area is 266 Å². The molecule has 11 heteroatoms. The number of carbonyl (C=O) groups excluding carboxylic acids is 1. The molecule has 10 nitrogen and oxygen atoms in total. The predicted octanol–water partition coefficient (Wildman–Crippen LogP) is 5.22. The molecule has 1 amide bonds. The average Bonchev–Trinajstić information content (AvgIpc) is 3.32. The Bertz CT molecular complexity index is 1750. The molecule has 1 fully saturated rings. The van der Waals surface area contributed by atoms with Crippen molar-refractivity contribution < 1.29 is 13.2 Å². The first-order valence-electron chi connectivity index (χ1n) is 15.8. The standard InChI is InChI=1S/C34H43N7O3S/c1-33(2,3)28-12-10-25-31(38-28)41-21-22(20-34(41,4)5)9-11-26(27-19-24(15-18-36-27)23-13-16-35-17-14-23)37-29-7-6-8-30(39-29)45(43,44)40-32(25)42/h6-8,10,12-13,15,18-19,22,26,35H,9,11,14,16-17,20-21H2,1-5H3,(H,37,39)(H,40,42)/t22-,26?/m0/s1. The number of sulfonamides is 1. The minimum atomic E-state index is -4.28. The van der Waals surface area contributed by atoms with E-state index in [-0.39, 0.29) is 27.6 Å². The quantitative estimate of drug-likeness (QED) is 0.350. The van der Waals surface area contributed by atoms with Crippen LogP contribution in [0, 0.1) is 5.92 Å². The number of fused-ring (bicyclic) bond motifs is 6. The van der Waals surface area contributed by atoms with Crippen LogP contribution in [-0.4, -0.2) is 54.5 Å². The zero-order valence-corrected chi connectivity index (χ0v) is 27.5. The summed E-state index contributed by atoms with van der Waals surface area (Å²) in [5, 5.41) is 6.63. The molecule has 1 unspecified atom stereocenters. The molecule has 6 rings (SSSR count). The van der Waals surface area contributed by atoms with Gasteiger partial charge in [-0.15, -0.1) is 0 Å². The monoisotopic (exact) mass is 629 g/mol. The normalized spacial score (nSPS) is 23.1. The van der Waals surface area contributed by atoms with Gasteiger partial charge in [0, 0.05) is 35.9 Å². The van der Waals surface area contributed by atoms with Crippen LogP contribution in [0.2, 0.25) is 0 Å². The second-order valence-electron chi connectivity index (χ2n) is 14.0. The molecule has 3 N–H and O–H groups in total. The van der Waals surface area contributed by atoms with Crippen molar-refractivity contribution in [1.29, 1.82) is 0 Å². The smallest absolute Gasteiger partial charge is 0.281 e. The summed E-state index contributed by atoms with van der Waals surface area (Å²) < 4.78 is 29.3. The second kappa shape index (κ2) is 11.8. The molecule has 6 heterocycles. The van der Waals surface area contributed by atoms with Crippen LogP contribution in [-0.2, 0) is 15.4 Å². The molecule has 0 aromatic carbocycles. The van der Waals surface area contributed by atoms with Crippen LogP contribution in [0.5, 0.6) is 0 Å². The lowest BCUT2D eigenvalue weighted by Crippen LogP contribution is -2.41. The highest BCUT2D eigenvalue weighted by Crippen LogP contribution is 2.41. The lowest BCUT2D eigenvalue weighted by Gasteiger charge is -2.34. The van der Waals surface area contributed by atoms with Gasteiger partial charge in [-0.05, 0) is 99.5 Å². The van der Waals surface area contributed by atoms with E-state index in [0.29, 0.717) is 24.1 Å². The van der Waals surface area contributed by atoms with Gasteiger partial charge < -0.3 is 15.5 Å². The number of hydrogen-bond donors (Lipinski definition) is 3. The molecular formula is C34H43N7O3S. The Morgan fingerprint density at radius 3 is 2.62 bits per heavy atom. The Balaban J connectivity index is 1.43. The van der Waals surface area contributed by atoms with Gasteiger partial charge in [-0.3, -0.25) is 9.78 Å². The lowest BCUT2D eigenvalue weighted by molar-refractivity contribution is 0.0981. The number of anilines is 2. The maximum Gasteiger partial charge on any atom is 0.281 e. The van der Waals surface area contributed by atoms with Gasteiger partial charge >= 0.3 is 0 Å². The first kappa shape index (κ1) is 31.2. The SMILES string of the molecule is CC(C)(C)c1ccc2c(n1)N1C[C@@H](CCC(c3cc(C4=CCNCC4)ccn3)Nc3cccc(n3)S(=O)(=O)NC2=O)CC1(C)C. The maximum atomic E-state index is 13.7. The first-order chi connectivity index (χ1) is 21.3. The van der Waals surface area contributed by atoms with E-state index < -0.39 is 15.9 Å². The Kier molecular flexibility index (Phi) is 8.19. The number of amides is 1. The summed E-state index contributed by atoms with van der Waals surface area (Å²) in [6, 6.07) is 12.3.